The van der Waals surface area contributed by atoms with E-state index in [0.29, 0.717) is 60.9 Å². The van der Waals surface area contributed by atoms with Gasteiger partial charge in [-0.1, -0.05) is 6.42 Å². The van der Waals surface area contributed by atoms with Crippen molar-refractivity contribution in [2.45, 2.75) is 19.3 Å². The van der Waals surface area contributed by atoms with Crippen LogP contribution in [0.4, 0.5) is 11.8 Å². The topological polar surface area (TPSA) is 93.8 Å². The number of amides is 1. The van der Waals surface area contributed by atoms with Crippen molar-refractivity contribution in [1.82, 2.24) is 14.9 Å². The molecule has 1 aliphatic carbocycles. The number of nitrogens with two attached hydrogens (primary N) is 1. The normalized spacial score (nSPS) is 17.1. The number of carbonyl (C=O) groups is 1. The average molecular weight is 408 g/mol. The predicted molar refractivity (Wildman–Crippen MR) is 110 cm³/mol. The molecule has 0 atom stereocenters. The lowest BCUT2D eigenvalue weighted by Gasteiger charge is -2.38. The molecule has 2 heterocycles. The summed E-state index contributed by atoms with van der Waals surface area (Å²) in [7, 11) is 3.17. The average Bonchev–Trinajstić information content (AvgIpc) is 2.65. The molecule has 1 aliphatic heterocycles. The minimum atomic E-state index is 0. The first kappa shape index (κ1) is 20.3. The maximum absolute atomic E-state index is 12.4. The molecule has 4 rings (SSSR count). The summed E-state index contributed by atoms with van der Waals surface area (Å²) in [6.07, 6.45) is 3.25. The van der Waals surface area contributed by atoms with Gasteiger partial charge in [0.25, 0.3) is 0 Å². The molecule has 2 aliphatic rings. The van der Waals surface area contributed by atoms with E-state index in [1.807, 2.05) is 11.0 Å². The third-order valence-corrected chi connectivity index (χ3v) is 5.55. The van der Waals surface area contributed by atoms with Crippen molar-refractivity contribution in [3.8, 4) is 11.5 Å². The largest absolute Gasteiger partial charge is 0.493 e. The van der Waals surface area contributed by atoms with Gasteiger partial charge in [-0.05, 0) is 18.9 Å². The molecule has 1 amide bonds. The second kappa shape index (κ2) is 8.26. The number of hydrogen-bond donors (Lipinski definition) is 1. The highest BCUT2D eigenvalue weighted by molar-refractivity contribution is 5.91. The number of halogens is 1. The Bertz CT molecular complexity index is 866. The Morgan fingerprint density at radius 2 is 1.71 bits per heavy atom. The van der Waals surface area contributed by atoms with Crippen molar-refractivity contribution in [1.29, 1.82) is 0 Å². The number of nitrogens with zero attached hydrogens (tertiary/aromatic N) is 4. The Morgan fingerprint density at radius 1 is 1.07 bits per heavy atom. The third kappa shape index (κ3) is 3.61. The van der Waals surface area contributed by atoms with Crippen LogP contribution in [0.3, 0.4) is 0 Å². The third-order valence-electron chi connectivity index (χ3n) is 5.55. The molecule has 28 heavy (non-hydrogen) atoms. The maximum Gasteiger partial charge on any atom is 0.228 e. The van der Waals surface area contributed by atoms with Crippen LogP contribution in [0.2, 0.25) is 0 Å². The van der Waals surface area contributed by atoms with Crippen molar-refractivity contribution < 1.29 is 14.3 Å². The second-order valence-electron chi connectivity index (χ2n) is 7.07. The van der Waals surface area contributed by atoms with Crippen molar-refractivity contribution in [3.63, 3.8) is 0 Å². The summed E-state index contributed by atoms with van der Waals surface area (Å²) in [5.41, 5.74) is 6.89. The lowest BCUT2D eigenvalue weighted by molar-refractivity contribution is -0.138. The number of methoxy groups -OCH3 is 2. The van der Waals surface area contributed by atoms with E-state index in [-0.39, 0.29) is 18.3 Å². The van der Waals surface area contributed by atoms with E-state index < -0.39 is 0 Å². The molecular formula is C19H26ClN5O3. The molecule has 0 spiro atoms. The maximum atomic E-state index is 12.4. The van der Waals surface area contributed by atoms with Crippen LogP contribution in [0.5, 0.6) is 11.5 Å². The van der Waals surface area contributed by atoms with E-state index in [1.165, 1.54) is 6.42 Å². The summed E-state index contributed by atoms with van der Waals surface area (Å²) in [6, 6.07) is 3.61. The number of nitrogen functional groups attached to an aromatic ring is 1. The van der Waals surface area contributed by atoms with Crippen LogP contribution in [-0.2, 0) is 4.79 Å². The van der Waals surface area contributed by atoms with Crippen LogP contribution >= 0.6 is 12.4 Å². The minimum Gasteiger partial charge on any atom is -0.493 e. The quantitative estimate of drug-likeness (QED) is 0.829. The van der Waals surface area contributed by atoms with E-state index in [9.17, 15) is 4.79 Å². The summed E-state index contributed by atoms with van der Waals surface area (Å²) >= 11 is 0. The van der Waals surface area contributed by atoms with Crippen molar-refractivity contribution >= 4 is 41.0 Å². The zero-order valence-electron chi connectivity index (χ0n) is 16.2. The van der Waals surface area contributed by atoms with Gasteiger partial charge in [0.15, 0.2) is 11.5 Å². The summed E-state index contributed by atoms with van der Waals surface area (Å²) in [5, 5.41) is 0.732. The first-order valence-electron chi connectivity index (χ1n) is 9.33. The summed E-state index contributed by atoms with van der Waals surface area (Å²) in [5.74, 6) is 2.73. The molecular weight excluding hydrogens is 382 g/mol. The lowest BCUT2D eigenvalue weighted by atomic mass is 9.84. The molecule has 1 aromatic carbocycles. The van der Waals surface area contributed by atoms with E-state index in [2.05, 4.69) is 14.9 Å². The number of fused-ring (bicyclic) bond motifs is 1. The summed E-state index contributed by atoms with van der Waals surface area (Å²) in [6.45, 7) is 2.80. The van der Waals surface area contributed by atoms with E-state index >= 15 is 0 Å². The first-order chi connectivity index (χ1) is 13.1. The zero-order chi connectivity index (χ0) is 19.0. The van der Waals surface area contributed by atoms with Crippen LogP contribution in [0.1, 0.15) is 19.3 Å². The van der Waals surface area contributed by atoms with Gasteiger partial charge in [0.2, 0.25) is 11.9 Å². The highest BCUT2D eigenvalue weighted by atomic mass is 35.5. The number of piperazine rings is 1. The molecule has 1 aromatic heterocycles. The Kier molecular flexibility index (Phi) is 5.98. The molecule has 1 saturated heterocycles. The number of rotatable bonds is 4. The molecule has 2 fully saturated rings. The second-order valence-corrected chi connectivity index (χ2v) is 7.07. The molecule has 2 aromatic rings. The highest BCUT2D eigenvalue weighted by Gasteiger charge is 2.31. The zero-order valence-corrected chi connectivity index (χ0v) is 17.0. The van der Waals surface area contributed by atoms with Gasteiger partial charge >= 0.3 is 0 Å². The molecule has 9 heteroatoms. The Morgan fingerprint density at radius 3 is 2.29 bits per heavy atom. The van der Waals surface area contributed by atoms with Crippen molar-refractivity contribution in [2.75, 3.05) is 51.0 Å². The van der Waals surface area contributed by atoms with Gasteiger partial charge in [-0.15, -0.1) is 12.4 Å². The van der Waals surface area contributed by atoms with Gasteiger partial charge in [-0.2, -0.15) is 4.98 Å². The van der Waals surface area contributed by atoms with Crippen LogP contribution < -0.4 is 20.1 Å². The van der Waals surface area contributed by atoms with E-state index in [1.54, 1.807) is 20.3 Å². The monoisotopic (exact) mass is 407 g/mol. The van der Waals surface area contributed by atoms with E-state index in [4.69, 9.17) is 15.2 Å². The fraction of sp³-hybridized carbons (Fsp3) is 0.526. The van der Waals surface area contributed by atoms with Gasteiger partial charge in [0, 0.05) is 43.5 Å². The molecule has 0 unspecified atom stereocenters. The van der Waals surface area contributed by atoms with E-state index in [0.717, 1.165) is 18.2 Å². The minimum absolute atomic E-state index is 0. The number of carbonyl (C=O) groups excluding carboxylic acids is 1. The van der Waals surface area contributed by atoms with Gasteiger partial charge in [-0.25, -0.2) is 4.98 Å². The van der Waals surface area contributed by atoms with Crippen LogP contribution in [0.15, 0.2) is 12.1 Å². The Labute approximate surface area is 170 Å². The smallest absolute Gasteiger partial charge is 0.228 e. The van der Waals surface area contributed by atoms with Gasteiger partial charge < -0.3 is 25.0 Å². The summed E-state index contributed by atoms with van der Waals surface area (Å²) < 4.78 is 10.7. The number of ether oxygens (including phenoxy) is 2. The fourth-order valence-corrected chi connectivity index (χ4v) is 3.65. The number of anilines is 2. The molecule has 8 nitrogen and oxygen atoms in total. The highest BCUT2D eigenvalue weighted by Crippen LogP contribution is 2.34. The molecule has 1 saturated carbocycles. The predicted octanol–water partition coefficient (Wildman–Crippen LogP) is 2.10. The fourth-order valence-electron chi connectivity index (χ4n) is 3.65. The lowest BCUT2D eigenvalue weighted by Crippen LogP contribution is -2.51. The number of hydrogen-bond acceptors (Lipinski definition) is 7. The van der Waals surface area contributed by atoms with Crippen LogP contribution in [0, 0.1) is 5.92 Å². The first-order valence-corrected chi connectivity index (χ1v) is 9.33. The Balaban J connectivity index is 0.00000225. The Hall–Kier alpha value is -2.48. The number of aromatic nitrogens is 2. The van der Waals surface area contributed by atoms with Crippen molar-refractivity contribution in [3.05, 3.63) is 12.1 Å². The molecule has 0 bridgehead atoms. The molecule has 2 N–H and O–H groups in total. The molecule has 152 valence electrons. The summed E-state index contributed by atoms with van der Waals surface area (Å²) in [4.78, 5) is 25.6. The SMILES string of the molecule is COc1cc2nc(N3CCN(C(=O)C4CCC4)CC3)nc(N)c2cc1OC.Cl. The van der Waals surface area contributed by atoms with Gasteiger partial charge in [0.1, 0.15) is 5.82 Å². The standard InChI is InChI=1S/C19H25N5O3.ClH/c1-26-15-10-13-14(11-16(15)27-2)21-19(22-17(13)20)24-8-6-23(7-9-24)18(25)12-4-3-5-12;/h10-12H,3-9H2,1-2H3,(H2,20,21,22);1H. The number of benzene rings is 1. The van der Waals surface area contributed by atoms with Crippen molar-refractivity contribution in [2.24, 2.45) is 5.92 Å². The molecule has 0 radical (unpaired) electrons. The van der Waals surface area contributed by atoms with Gasteiger partial charge in [0.05, 0.1) is 19.7 Å². The van der Waals surface area contributed by atoms with Gasteiger partial charge in [-0.3, -0.25) is 4.79 Å². The van der Waals surface area contributed by atoms with Crippen LogP contribution in [-0.4, -0.2) is 61.2 Å². The van der Waals surface area contributed by atoms with Crippen LogP contribution in [0.25, 0.3) is 10.9 Å².